The molecule has 0 saturated heterocycles. The highest BCUT2D eigenvalue weighted by molar-refractivity contribution is 5.99. The van der Waals surface area contributed by atoms with Gasteiger partial charge < -0.3 is 30.2 Å². The Morgan fingerprint density at radius 1 is 1.18 bits per heavy atom. The van der Waals surface area contributed by atoms with Gasteiger partial charge in [-0.25, -0.2) is 9.97 Å². The highest BCUT2D eigenvalue weighted by atomic mass is 16.6. The van der Waals surface area contributed by atoms with E-state index in [1.807, 2.05) is 18.2 Å². The first-order valence-electron chi connectivity index (χ1n) is 11.4. The van der Waals surface area contributed by atoms with E-state index in [4.69, 9.17) is 9.47 Å². The molecule has 1 atom stereocenters. The van der Waals surface area contributed by atoms with Crippen LogP contribution in [0.15, 0.2) is 30.6 Å². The molecule has 33 heavy (non-hydrogen) atoms. The molecule has 3 aromatic rings. The summed E-state index contributed by atoms with van der Waals surface area (Å²) < 4.78 is 11.4. The smallest absolute Gasteiger partial charge is 0.267 e. The van der Waals surface area contributed by atoms with Crippen molar-refractivity contribution >= 4 is 22.8 Å². The van der Waals surface area contributed by atoms with Crippen LogP contribution in [0.5, 0.6) is 11.5 Å². The molecule has 1 aliphatic carbocycles. The third-order valence-corrected chi connectivity index (χ3v) is 6.47. The van der Waals surface area contributed by atoms with Crippen LogP contribution in [0.2, 0.25) is 0 Å². The maximum Gasteiger partial charge on any atom is 0.267 e. The van der Waals surface area contributed by atoms with Crippen LogP contribution < -0.4 is 20.1 Å². The van der Waals surface area contributed by atoms with E-state index in [1.54, 1.807) is 6.07 Å². The molecule has 0 bridgehead atoms. The first kappa shape index (κ1) is 21.5. The molecule has 0 spiro atoms. The number of nitrogens with one attached hydrogen (secondary N) is 3. The van der Waals surface area contributed by atoms with Gasteiger partial charge in [-0.05, 0) is 42.5 Å². The quantitative estimate of drug-likeness (QED) is 0.415. The SMILES string of the molecule is CC(C)[C@@H](Nc1ncnc2[nH]c(C(=O)NCC3(CO)CC3)cc12)c1ccc2c(c1)OCCO2. The van der Waals surface area contributed by atoms with Gasteiger partial charge in [0.15, 0.2) is 11.5 Å². The Kier molecular flexibility index (Phi) is 5.57. The van der Waals surface area contributed by atoms with Crippen molar-refractivity contribution in [1.82, 2.24) is 20.3 Å². The number of hydrogen-bond donors (Lipinski definition) is 4. The number of ether oxygens (including phenoxy) is 2. The van der Waals surface area contributed by atoms with Crippen LogP contribution >= 0.6 is 0 Å². The average molecular weight is 452 g/mol. The Balaban J connectivity index is 1.38. The van der Waals surface area contributed by atoms with Crippen LogP contribution in [-0.4, -0.2) is 52.3 Å². The van der Waals surface area contributed by atoms with Gasteiger partial charge in [0, 0.05) is 12.0 Å². The number of carbonyl (C=O) groups is 1. The van der Waals surface area contributed by atoms with Crippen molar-refractivity contribution in [3.05, 3.63) is 41.9 Å². The number of nitrogens with zero attached hydrogens (tertiary/aromatic N) is 2. The van der Waals surface area contributed by atoms with E-state index in [-0.39, 0.29) is 29.9 Å². The zero-order valence-corrected chi connectivity index (χ0v) is 18.9. The fourth-order valence-corrected chi connectivity index (χ4v) is 4.14. The lowest BCUT2D eigenvalue weighted by atomic mass is 9.95. The van der Waals surface area contributed by atoms with Crippen molar-refractivity contribution in [2.75, 3.05) is 31.7 Å². The number of rotatable bonds is 8. The molecule has 9 heteroatoms. The Bertz CT molecular complexity index is 1170. The second-order valence-electron chi connectivity index (χ2n) is 9.28. The molecule has 9 nitrogen and oxygen atoms in total. The molecule has 1 amide bonds. The molecule has 174 valence electrons. The van der Waals surface area contributed by atoms with Gasteiger partial charge in [-0.1, -0.05) is 19.9 Å². The lowest BCUT2D eigenvalue weighted by Crippen LogP contribution is -2.32. The maximum absolute atomic E-state index is 12.7. The summed E-state index contributed by atoms with van der Waals surface area (Å²) >= 11 is 0. The highest BCUT2D eigenvalue weighted by Gasteiger charge is 2.42. The molecule has 1 aliphatic heterocycles. The molecule has 1 saturated carbocycles. The van der Waals surface area contributed by atoms with Crippen LogP contribution in [-0.2, 0) is 0 Å². The predicted molar refractivity (Wildman–Crippen MR) is 124 cm³/mol. The largest absolute Gasteiger partial charge is 0.486 e. The summed E-state index contributed by atoms with van der Waals surface area (Å²) in [5, 5.41) is 16.7. The molecule has 1 fully saturated rings. The van der Waals surface area contributed by atoms with Gasteiger partial charge in [0.25, 0.3) is 5.91 Å². The number of H-pyrrole nitrogens is 1. The molecule has 0 radical (unpaired) electrons. The van der Waals surface area contributed by atoms with Crippen molar-refractivity contribution in [2.24, 2.45) is 11.3 Å². The molecule has 0 unspecified atom stereocenters. The molecule has 4 N–H and O–H groups in total. The summed E-state index contributed by atoms with van der Waals surface area (Å²) in [5.74, 6) is 2.19. The number of hydrogen-bond acceptors (Lipinski definition) is 7. The number of aliphatic hydroxyl groups is 1. The normalized spacial score (nSPS) is 17.1. The summed E-state index contributed by atoms with van der Waals surface area (Å²) in [6, 6.07) is 7.72. The van der Waals surface area contributed by atoms with Crippen molar-refractivity contribution in [3.63, 3.8) is 0 Å². The highest BCUT2D eigenvalue weighted by Crippen LogP contribution is 2.44. The number of anilines is 1. The van der Waals surface area contributed by atoms with E-state index in [0.29, 0.717) is 36.9 Å². The van der Waals surface area contributed by atoms with Gasteiger partial charge >= 0.3 is 0 Å². The van der Waals surface area contributed by atoms with Crippen LogP contribution in [0.3, 0.4) is 0 Å². The average Bonchev–Trinajstić information content (AvgIpc) is 3.48. The van der Waals surface area contributed by atoms with E-state index in [9.17, 15) is 9.90 Å². The fourth-order valence-electron chi connectivity index (χ4n) is 4.14. The minimum Gasteiger partial charge on any atom is -0.486 e. The lowest BCUT2D eigenvalue weighted by Gasteiger charge is -2.26. The molecule has 2 aliphatic rings. The number of amides is 1. The lowest BCUT2D eigenvalue weighted by molar-refractivity contribution is 0.0931. The van der Waals surface area contributed by atoms with E-state index >= 15 is 0 Å². The van der Waals surface area contributed by atoms with Gasteiger partial charge in [-0.15, -0.1) is 0 Å². The van der Waals surface area contributed by atoms with Crippen molar-refractivity contribution in [2.45, 2.75) is 32.7 Å². The van der Waals surface area contributed by atoms with Crippen LogP contribution in [0, 0.1) is 11.3 Å². The minimum absolute atomic E-state index is 0.0367. The van der Waals surface area contributed by atoms with Crippen molar-refractivity contribution < 1.29 is 19.4 Å². The first-order chi connectivity index (χ1) is 16.0. The van der Waals surface area contributed by atoms with Gasteiger partial charge in [0.1, 0.15) is 36.7 Å². The second kappa shape index (κ2) is 8.55. The van der Waals surface area contributed by atoms with E-state index in [0.717, 1.165) is 35.3 Å². The predicted octanol–water partition coefficient (Wildman–Crippen LogP) is 3.04. The van der Waals surface area contributed by atoms with Gasteiger partial charge in [0.05, 0.1) is 18.0 Å². The van der Waals surface area contributed by atoms with Crippen molar-refractivity contribution in [3.8, 4) is 11.5 Å². The minimum atomic E-state index is -0.217. The fraction of sp³-hybridized carbons (Fsp3) is 0.458. The zero-order chi connectivity index (χ0) is 23.0. The van der Waals surface area contributed by atoms with Gasteiger partial charge in [-0.2, -0.15) is 0 Å². The Labute approximate surface area is 191 Å². The molecule has 5 rings (SSSR count). The first-order valence-corrected chi connectivity index (χ1v) is 11.4. The van der Waals surface area contributed by atoms with Gasteiger partial charge in [-0.3, -0.25) is 4.79 Å². The number of aromatic amines is 1. The second-order valence-corrected chi connectivity index (χ2v) is 9.28. The monoisotopic (exact) mass is 451 g/mol. The molecule has 1 aromatic carbocycles. The van der Waals surface area contributed by atoms with E-state index in [1.165, 1.54) is 6.33 Å². The van der Waals surface area contributed by atoms with Crippen LogP contribution in [0.25, 0.3) is 11.0 Å². The topological polar surface area (TPSA) is 121 Å². The molecular weight excluding hydrogens is 422 g/mol. The third kappa shape index (κ3) is 4.32. The molecule has 3 heterocycles. The standard InChI is InChI=1S/C24H29N5O4/c1-14(2)20(15-3-4-18-19(9-15)33-8-7-32-18)29-22-16-10-17(28-21(16)26-13-27-22)23(31)25-11-24(12-30)5-6-24/h3-4,9-10,13-14,20,30H,5-8,11-12H2,1-2H3,(H,25,31)(H2,26,27,28,29)/t20-/m1/s1. The number of carbonyl (C=O) groups excluding carboxylic acids is 1. The number of benzene rings is 1. The summed E-state index contributed by atoms with van der Waals surface area (Å²) in [6.45, 7) is 5.93. The Morgan fingerprint density at radius 2 is 1.97 bits per heavy atom. The van der Waals surface area contributed by atoms with Crippen LogP contribution in [0.1, 0.15) is 48.8 Å². The zero-order valence-electron chi connectivity index (χ0n) is 18.9. The number of aromatic nitrogens is 3. The van der Waals surface area contributed by atoms with E-state index < -0.39 is 0 Å². The van der Waals surface area contributed by atoms with Gasteiger partial charge in [0.2, 0.25) is 0 Å². The summed E-state index contributed by atoms with van der Waals surface area (Å²) in [6.07, 6.45) is 3.36. The number of aliphatic hydroxyl groups excluding tert-OH is 1. The van der Waals surface area contributed by atoms with Crippen LogP contribution in [0.4, 0.5) is 5.82 Å². The van der Waals surface area contributed by atoms with E-state index in [2.05, 4.69) is 39.4 Å². The Morgan fingerprint density at radius 3 is 2.70 bits per heavy atom. The summed E-state index contributed by atoms with van der Waals surface area (Å²) in [5.41, 5.74) is 1.92. The number of fused-ring (bicyclic) bond motifs is 2. The maximum atomic E-state index is 12.7. The summed E-state index contributed by atoms with van der Waals surface area (Å²) in [4.78, 5) is 24.5. The van der Waals surface area contributed by atoms with Crippen molar-refractivity contribution in [1.29, 1.82) is 0 Å². The molecule has 2 aromatic heterocycles. The Hall–Kier alpha value is -3.33. The molecular formula is C24H29N5O4. The third-order valence-electron chi connectivity index (χ3n) is 6.47. The summed E-state index contributed by atoms with van der Waals surface area (Å²) in [7, 11) is 0.